The largest absolute Gasteiger partial charge is 0.386 e. The standard InChI is InChI=1S/C21H19N3O3/c1-13-17-8-7-14-11-24(18(26)12-25)23-20(14)21(17,9-15(10-22)19(13)27)16-5-3-2-4-6-16/h2-6,9,11,13,17,25H,7-8,12H2,1H3/t13-,17-,21-/m1/s1. The van der Waals surface area contributed by atoms with Gasteiger partial charge in [0, 0.05) is 12.1 Å². The van der Waals surface area contributed by atoms with Crippen molar-refractivity contribution in [3.05, 3.63) is 65.0 Å². The molecule has 1 aromatic carbocycles. The maximum absolute atomic E-state index is 12.7. The Morgan fingerprint density at radius 3 is 2.81 bits per heavy atom. The van der Waals surface area contributed by atoms with Gasteiger partial charge in [-0.25, -0.2) is 4.68 Å². The maximum Gasteiger partial charge on any atom is 0.272 e. The minimum atomic E-state index is -0.742. The van der Waals surface area contributed by atoms with Gasteiger partial charge in [0.15, 0.2) is 5.78 Å². The molecule has 0 spiro atoms. The van der Waals surface area contributed by atoms with E-state index in [1.54, 1.807) is 12.3 Å². The predicted molar refractivity (Wildman–Crippen MR) is 96.8 cm³/mol. The number of aliphatic hydroxyl groups excluding tert-OH is 1. The molecule has 2 aliphatic carbocycles. The predicted octanol–water partition coefficient (Wildman–Crippen LogP) is 2.03. The van der Waals surface area contributed by atoms with Crippen LogP contribution in [0.25, 0.3) is 0 Å². The lowest BCUT2D eigenvalue weighted by molar-refractivity contribution is -0.121. The van der Waals surface area contributed by atoms with Crippen LogP contribution >= 0.6 is 0 Å². The SMILES string of the molecule is C[C@H]1C(=O)C(C#N)=C[C@]2(c3ccccc3)c3nn(C(=O)CO)cc3CC[C@H]12. The lowest BCUT2D eigenvalue weighted by Crippen LogP contribution is -2.48. The lowest BCUT2D eigenvalue weighted by Gasteiger charge is -2.46. The van der Waals surface area contributed by atoms with Crippen molar-refractivity contribution in [1.82, 2.24) is 9.78 Å². The Kier molecular flexibility index (Phi) is 4.05. The van der Waals surface area contributed by atoms with Crippen LogP contribution in [0, 0.1) is 23.2 Å². The molecule has 1 heterocycles. The summed E-state index contributed by atoms with van der Waals surface area (Å²) in [5.74, 6) is -1.02. The van der Waals surface area contributed by atoms with Crippen molar-refractivity contribution < 1.29 is 14.7 Å². The smallest absolute Gasteiger partial charge is 0.272 e. The Morgan fingerprint density at radius 1 is 1.41 bits per heavy atom. The van der Waals surface area contributed by atoms with Gasteiger partial charge in [0.2, 0.25) is 0 Å². The number of allylic oxidation sites excluding steroid dienone is 2. The summed E-state index contributed by atoms with van der Waals surface area (Å²) in [6.07, 6.45) is 4.85. The fraction of sp³-hybridized carbons (Fsp3) is 0.333. The summed E-state index contributed by atoms with van der Waals surface area (Å²) in [7, 11) is 0. The normalized spacial score (nSPS) is 26.6. The number of fused-ring (bicyclic) bond motifs is 3. The average molecular weight is 361 g/mol. The topological polar surface area (TPSA) is 96.0 Å². The molecule has 0 unspecified atom stereocenters. The van der Waals surface area contributed by atoms with Gasteiger partial charge in [-0.2, -0.15) is 10.4 Å². The van der Waals surface area contributed by atoms with Crippen LogP contribution in [0.2, 0.25) is 0 Å². The number of carbonyl (C=O) groups excluding carboxylic acids is 2. The molecule has 6 nitrogen and oxygen atoms in total. The lowest BCUT2D eigenvalue weighted by atomic mass is 9.54. The summed E-state index contributed by atoms with van der Waals surface area (Å²) in [5, 5.41) is 23.3. The number of carbonyl (C=O) groups is 2. The number of aliphatic hydroxyl groups is 1. The Hall–Kier alpha value is -3.04. The molecule has 6 heteroatoms. The number of aryl methyl sites for hydroxylation is 1. The Bertz CT molecular complexity index is 999. The number of nitriles is 1. The van der Waals surface area contributed by atoms with Crippen molar-refractivity contribution in [1.29, 1.82) is 5.26 Å². The summed E-state index contributed by atoms with van der Waals surface area (Å²) < 4.78 is 1.18. The molecule has 0 fully saturated rings. The zero-order valence-electron chi connectivity index (χ0n) is 14.9. The molecule has 2 aliphatic rings. The van der Waals surface area contributed by atoms with Crippen molar-refractivity contribution in [3.8, 4) is 6.07 Å². The molecule has 0 saturated carbocycles. The molecule has 0 radical (unpaired) electrons. The minimum absolute atomic E-state index is 0.0513. The van der Waals surface area contributed by atoms with Gasteiger partial charge in [-0.3, -0.25) is 9.59 Å². The number of rotatable bonds is 2. The van der Waals surface area contributed by atoms with E-state index in [9.17, 15) is 20.0 Å². The van der Waals surface area contributed by atoms with Crippen molar-refractivity contribution in [2.24, 2.45) is 11.8 Å². The highest BCUT2D eigenvalue weighted by Gasteiger charge is 2.53. The van der Waals surface area contributed by atoms with E-state index in [0.717, 1.165) is 17.5 Å². The molecule has 0 bridgehead atoms. The minimum Gasteiger partial charge on any atom is -0.386 e. The number of benzene rings is 1. The summed E-state index contributed by atoms with van der Waals surface area (Å²) in [6.45, 7) is 1.24. The van der Waals surface area contributed by atoms with Crippen LogP contribution in [0.1, 0.15) is 35.0 Å². The number of nitrogens with zero attached hydrogens (tertiary/aromatic N) is 3. The Balaban J connectivity index is 2.04. The third-order valence-corrected chi connectivity index (χ3v) is 5.91. The van der Waals surface area contributed by atoms with Gasteiger partial charge in [0.05, 0.1) is 16.7 Å². The van der Waals surface area contributed by atoms with Crippen LogP contribution in [-0.4, -0.2) is 33.2 Å². The molecule has 1 aromatic heterocycles. The molecular formula is C21H19N3O3. The first-order valence-electron chi connectivity index (χ1n) is 8.98. The number of Topliss-reactive ketones (excluding diaryl/α,β-unsaturated/α-hetero) is 1. The van der Waals surface area contributed by atoms with Crippen LogP contribution in [0.4, 0.5) is 0 Å². The number of hydrogen-bond acceptors (Lipinski definition) is 5. The van der Waals surface area contributed by atoms with E-state index >= 15 is 0 Å². The quantitative estimate of drug-likeness (QED) is 0.883. The van der Waals surface area contributed by atoms with Crippen LogP contribution in [0.5, 0.6) is 0 Å². The molecule has 2 aromatic rings. The second-order valence-corrected chi connectivity index (χ2v) is 7.20. The summed E-state index contributed by atoms with van der Waals surface area (Å²) in [5.41, 5.74) is 1.95. The van der Waals surface area contributed by atoms with Crippen LogP contribution < -0.4 is 0 Å². The van der Waals surface area contributed by atoms with Crippen molar-refractivity contribution in [2.75, 3.05) is 6.61 Å². The molecule has 0 aliphatic heterocycles. The number of ketones is 1. The van der Waals surface area contributed by atoms with Gasteiger partial charge >= 0.3 is 0 Å². The van der Waals surface area contributed by atoms with E-state index in [1.165, 1.54) is 4.68 Å². The van der Waals surface area contributed by atoms with Gasteiger partial charge in [0.25, 0.3) is 5.91 Å². The van der Waals surface area contributed by atoms with E-state index < -0.39 is 17.9 Å². The van der Waals surface area contributed by atoms with E-state index in [1.807, 2.05) is 37.3 Å². The second kappa shape index (κ2) is 6.29. The van der Waals surface area contributed by atoms with Crippen LogP contribution in [-0.2, 0) is 16.6 Å². The van der Waals surface area contributed by atoms with Gasteiger partial charge in [-0.15, -0.1) is 0 Å². The number of hydrogen-bond donors (Lipinski definition) is 1. The first-order valence-corrected chi connectivity index (χ1v) is 8.98. The first kappa shape index (κ1) is 17.4. The molecule has 4 rings (SSSR count). The maximum atomic E-state index is 12.7. The van der Waals surface area contributed by atoms with E-state index in [2.05, 4.69) is 11.2 Å². The molecule has 0 amide bonds. The molecule has 27 heavy (non-hydrogen) atoms. The highest BCUT2D eigenvalue weighted by Crippen LogP contribution is 2.53. The zero-order chi connectivity index (χ0) is 19.2. The monoisotopic (exact) mass is 361 g/mol. The zero-order valence-corrected chi connectivity index (χ0v) is 14.9. The molecule has 0 saturated heterocycles. The fourth-order valence-corrected chi connectivity index (χ4v) is 4.64. The van der Waals surface area contributed by atoms with E-state index in [4.69, 9.17) is 0 Å². The highest BCUT2D eigenvalue weighted by molar-refractivity contribution is 6.02. The third kappa shape index (κ3) is 2.39. The van der Waals surface area contributed by atoms with Crippen molar-refractivity contribution in [2.45, 2.75) is 25.2 Å². The second-order valence-electron chi connectivity index (χ2n) is 7.20. The van der Waals surface area contributed by atoms with Gasteiger partial charge in [-0.1, -0.05) is 37.3 Å². The average Bonchev–Trinajstić information content (AvgIpc) is 3.15. The van der Waals surface area contributed by atoms with Crippen LogP contribution in [0.15, 0.2) is 48.2 Å². The fourth-order valence-electron chi connectivity index (χ4n) is 4.64. The van der Waals surface area contributed by atoms with E-state index in [0.29, 0.717) is 12.1 Å². The van der Waals surface area contributed by atoms with Crippen molar-refractivity contribution in [3.63, 3.8) is 0 Å². The molecule has 1 N–H and O–H groups in total. The first-order chi connectivity index (χ1) is 13.0. The number of aromatic nitrogens is 2. The van der Waals surface area contributed by atoms with Gasteiger partial charge in [-0.05, 0) is 36.0 Å². The summed E-state index contributed by atoms with van der Waals surface area (Å²) in [6, 6.07) is 11.8. The summed E-state index contributed by atoms with van der Waals surface area (Å²) >= 11 is 0. The van der Waals surface area contributed by atoms with Crippen molar-refractivity contribution >= 4 is 11.7 Å². The van der Waals surface area contributed by atoms with E-state index in [-0.39, 0.29) is 23.2 Å². The highest BCUT2D eigenvalue weighted by atomic mass is 16.3. The van der Waals surface area contributed by atoms with Gasteiger partial charge in [0.1, 0.15) is 12.7 Å². The summed E-state index contributed by atoms with van der Waals surface area (Å²) in [4.78, 5) is 24.7. The van der Waals surface area contributed by atoms with Crippen LogP contribution in [0.3, 0.4) is 0 Å². The molecule has 3 atom stereocenters. The van der Waals surface area contributed by atoms with Gasteiger partial charge < -0.3 is 5.11 Å². The molecular weight excluding hydrogens is 342 g/mol. The molecule has 136 valence electrons. The Labute approximate surface area is 156 Å². The Morgan fingerprint density at radius 2 is 2.15 bits per heavy atom. The third-order valence-electron chi connectivity index (χ3n) is 5.91.